The van der Waals surface area contributed by atoms with Gasteiger partial charge in [0.1, 0.15) is 5.75 Å². The Hall–Kier alpha value is -4.82. The molecule has 10 heteroatoms. The molecule has 0 saturated heterocycles. The lowest BCUT2D eigenvalue weighted by Gasteiger charge is -2.31. The molecule has 0 aliphatic carbocycles. The van der Waals surface area contributed by atoms with Crippen molar-refractivity contribution in [1.82, 2.24) is 5.32 Å². The van der Waals surface area contributed by atoms with Gasteiger partial charge in [0.25, 0.3) is 5.91 Å². The summed E-state index contributed by atoms with van der Waals surface area (Å²) >= 11 is 6.19. The van der Waals surface area contributed by atoms with Crippen molar-refractivity contribution in [2.24, 2.45) is 10.1 Å². The number of hydrogen-bond donors (Lipinski definition) is 2. The number of aliphatic imine (C=N–C) groups is 1. The molecule has 2 N–H and O–H groups in total. The second kappa shape index (κ2) is 15.3. The number of aliphatic hydroxyl groups is 1. The average Bonchev–Trinajstić information content (AvgIpc) is 3.45. The molecule has 0 aromatic heterocycles. The number of hydrogen-bond acceptors (Lipinski definition) is 6. The lowest BCUT2D eigenvalue weighted by Crippen LogP contribution is -2.50. The fraction of sp³-hybridized carbons (Fsp3) is 0.257. The highest BCUT2D eigenvalue weighted by molar-refractivity contribution is 6.30. The van der Waals surface area contributed by atoms with E-state index in [1.807, 2.05) is 103 Å². The number of amides is 1. The highest BCUT2D eigenvalue weighted by Crippen LogP contribution is 2.43. The van der Waals surface area contributed by atoms with E-state index in [1.54, 1.807) is 0 Å². The maximum Gasteiger partial charge on any atom is 0.252 e. The molecule has 0 radical (unpaired) electrons. The quantitative estimate of drug-likeness (QED) is 0.0695. The van der Waals surface area contributed by atoms with Crippen molar-refractivity contribution >= 4 is 23.4 Å². The first kappa shape index (κ1) is 31.6. The third-order valence-corrected chi connectivity index (χ3v) is 7.84. The fourth-order valence-corrected chi connectivity index (χ4v) is 5.57. The molecular weight excluding hydrogens is 590 g/mol. The number of rotatable bonds is 14. The first-order valence-corrected chi connectivity index (χ1v) is 15.2. The third kappa shape index (κ3) is 7.83. The predicted octanol–water partition coefficient (Wildman–Crippen LogP) is 6.77. The van der Waals surface area contributed by atoms with Crippen LogP contribution in [0.2, 0.25) is 5.02 Å². The van der Waals surface area contributed by atoms with Crippen LogP contribution in [0, 0.1) is 0 Å². The molecule has 1 heterocycles. The molecule has 4 aromatic rings. The molecule has 0 fully saturated rings. The lowest BCUT2D eigenvalue weighted by atomic mass is 9.81. The van der Waals surface area contributed by atoms with Crippen molar-refractivity contribution in [2.45, 2.75) is 37.5 Å². The van der Waals surface area contributed by atoms with Crippen LogP contribution in [0.4, 0.5) is 0 Å². The molecule has 5 rings (SSSR count). The van der Waals surface area contributed by atoms with Crippen molar-refractivity contribution in [2.75, 3.05) is 19.8 Å². The van der Waals surface area contributed by atoms with Gasteiger partial charge in [0.2, 0.25) is 5.90 Å². The molecule has 0 saturated carbocycles. The van der Waals surface area contributed by atoms with E-state index < -0.39 is 11.6 Å². The zero-order valence-electron chi connectivity index (χ0n) is 24.7. The minimum atomic E-state index is -1.38. The van der Waals surface area contributed by atoms with Crippen LogP contribution in [-0.4, -0.2) is 42.2 Å². The molecule has 2 atom stereocenters. The topological polar surface area (TPSA) is 129 Å². The second-order valence-electron chi connectivity index (χ2n) is 10.7. The highest BCUT2D eigenvalue weighted by Gasteiger charge is 2.53. The average molecular weight is 624 g/mol. The van der Waals surface area contributed by atoms with E-state index >= 15 is 0 Å². The standard InChI is InChI=1S/C35H34ClN5O4/c36-30-13-6-8-25(22-30)18-19-38-34(43)35(23-28-11-4-5-12-29(28)24-39-41-37)32(26-9-2-1-3-10-26)45-33(40-35)27-14-16-31(17-15-27)44-21-7-20-42/h1-6,8-17,22,32,42H,7,18-21,23-24H2,(H,38,43)/t32-,35-/m1/s1. The number of nitrogens with one attached hydrogen (secondary N) is 1. The normalized spacial score (nSPS) is 17.1. The summed E-state index contributed by atoms with van der Waals surface area (Å²) in [6.07, 6.45) is 0.583. The smallest absolute Gasteiger partial charge is 0.252 e. The Morgan fingerprint density at radius 3 is 2.51 bits per heavy atom. The van der Waals surface area contributed by atoms with E-state index in [0.717, 1.165) is 22.3 Å². The first-order chi connectivity index (χ1) is 22.0. The van der Waals surface area contributed by atoms with Crippen LogP contribution < -0.4 is 10.1 Å². The van der Waals surface area contributed by atoms with Gasteiger partial charge in [-0.2, -0.15) is 0 Å². The van der Waals surface area contributed by atoms with Gasteiger partial charge in [0.15, 0.2) is 11.6 Å². The van der Waals surface area contributed by atoms with Gasteiger partial charge in [-0.3, -0.25) is 4.79 Å². The van der Waals surface area contributed by atoms with Gasteiger partial charge >= 0.3 is 0 Å². The van der Waals surface area contributed by atoms with Crippen LogP contribution in [0.5, 0.6) is 5.75 Å². The Labute approximate surface area is 267 Å². The number of benzene rings is 4. The summed E-state index contributed by atoms with van der Waals surface area (Å²) in [5.74, 6) is 0.710. The van der Waals surface area contributed by atoms with Crippen LogP contribution in [0.1, 0.15) is 40.3 Å². The van der Waals surface area contributed by atoms with Gasteiger partial charge in [0, 0.05) is 41.5 Å². The molecule has 0 bridgehead atoms. The summed E-state index contributed by atoms with van der Waals surface area (Å²) in [6, 6.07) is 32.1. The minimum Gasteiger partial charge on any atom is -0.494 e. The summed E-state index contributed by atoms with van der Waals surface area (Å²) in [6.45, 7) is 0.966. The summed E-state index contributed by atoms with van der Waals surface area (Å²) in [5, 5.41) is 16.6. The highest BCUT2D eigenvalue weighted by atomic mass is 35.5. The number of aliphatic hydroxyl groups excluding tert-OH is 1. The summed E-state index contributed by atoms with van der Waals surface area (Å²) in [5.41, 5.74) is 11.8. The van der Waals surface area contributed by atoms with Crippen molar-refractivity contribution in [3.8, 4) is 5.75 Å². The van der Waals surface area contributed by atoms with Crippen molar-refractivity contribution in [1.29, 1.82) is 0 Å². The minimum absolute atomic E-state index is 0.0544. The number of nitrogens with zero attached hydrogens (tertiary/aromatic N) is 4. The zero-order valence-corrected chi connectivity index (χ0v) is 25.4. The maximum atomic E-state index is 14.5. The van der Waals surface area contributed by atoms with Gasteiger partial charge in [-0.05, 0) is 70.6 Å². The molecule has 9 nitrogen and oxygen atoms in total. The Morgan fingerprint density at radius 2 is 1.78 bits per heavy atom. The molecule has 1 aliphatic heterocycles. The first-order valence-electron chi connectivity index (χ1n) is 14.8. The van der Waals surface area contributed by atoms with E-state index in [0.29, 0.717) is 48.2 Å². The number of carbonyl (C=O) groups excluding carboxylic acids is 1. The molecule has 1 amide bonds. The zero-order chi connectivity index (χ0) is 31.5. The van der Waals surface area contributed by atoms with Crippen molar-refractivity contribution in [3.63, 3.8) is 0 Å². The summed E-state index contributed by atoms with van der Waals surface area (Å²) in [4.78, 5) is 22.5. The summed E-state index contributed by atoms with van der Waals surface area (Å²) in [7, 11) is 0. The van der Waals surface area contributed by atoms with E-state index in [-0.39, 0.29) is 25.5 Å². The Balaban J connectivity index is 1.54. The molecular formula is C35H34ClN5O4. The van der Waals surface area contributed by atoms with Gasteiger partial charge in [-0.25, -0.2) is 4.99 Å². The van der Waals surface area contributed by atoms with E-state index in [4.69, 9.17) is 36.7 Å². The molecule has 0 spiro atoms. The van der Waals surface area contributed by atoms with Gasteiger partial charge < -0.3 is 19.9 Å². The van der Waals surface area contributed by atoms with Crippen LogP contribution in [-0.2, 0) is 28.9 Å². The largest absolute Gasteiger partial charge is 0.494 e. The number of ether oxygens (including phenoxy) is 2. The van der Waals surface area contributed by atoms with Gasteiger partial charge in [-0.1, -0.05) is 83.4 Å². The van der Waals surface area contributed by atoms with E-state index in [9.17, 15) is 4.79 Å². The molecule has 230 valence electrons. The number of carbonyl (C=O) groups is 1. The number of azide groups is 1. The number of halogens is 1. The van der Waals surface area contributed by atoms with E-state index in [1.165, 1.54) is 0 Å². The third-order valence-electron chi connectivity index (χ3n) is 7.60. The predicted molar refractivity (Wildman–Crippen MR) is 174 cm³/mol. The van der Waals surface area contributed by atoms with E-state index in [2.05, 4.69) is 15.3 Å². The summed E-state index contributed by atoms with van der Waals surface area (Å²) < 4.78 is 12.3. The fourth-order valence-electron chi connectivity index (χ4n) is 5.36. The van der Waals surface area contributed by atoms with Crippen LogP contribution in [0.25, 0.3) is 10.4 Å². The SMILES string of the molecule is [N-]=[N+]=NCc1ccccc1C[C@@]1(C(=O)NCCc2cccc(Cl)c2)N=C(c2ccc(OCCCO)cc2)O[C@@H]1c1ccccc1. The molecule has 1 aliphatic rings. The Bertz CT molecular complexity index is 1680. The van der Waals surface area contributed by atoms with Crippen molar-refractivity contribution < 1.29 is 19.4 Å². The molecule has 0 unspecified atom stereocenters. The second-order valence-corrected chi connectivity index (χ2v) is 11.1. The maximum absolute atomic E-state index is 14.5. The molecule has 4 aromatic carbocycles. The van der Waals surface area contributed by atoms with Crippen LogP contribution in [0.3, 0.4) is 0 Å². The van der Waals surface area contributed by atoms with Crippen LogP contribution >= 0.6 is 11.6 Å². The monoisotopic (exact) mass is 623 g/mol. The molecule has 45 heavy (non-hydrogen) atoms. The Kier molecular flexibility index (Phi) is 10.7. The van der Waals surface area contributed by atoms with Crippen molar-refractivity contribution in [3.05, 3.63) is 146 Å². The van der Waals surface area contributed by atoms with Gasteiger partial charge in [-0.15, -0.1) is 0 Å². The van der Waals surface area contributed by atoms with Gasteiger partial charge in [0.05, 0.1) is 13.2 Å². The Morgan fingerprint density at radius 1 is 1.02 bits per heavy atom. The van der Waals surface area contributed by atoms with Crippen LogP contribution in [0.15, 0.2) is 113 Å². The lowest BCUT2D eigenvalue weighted by molar-refractivity contribution is -0.128.